The van der Waals surface area contributed by atoms with Crippen molar-refractivity contribution in [3.05, 3.63) is 82.4 Å². The van der Waals surface area contributed by atoms with Gasteiger partial charge in [-0.2, -0.15) is 5.10 Å². The number of benzene rings is 2. The van der Waals surface area contributed by atoms with Crippen LogP contribution in [0.4, 0.5) is 14.9 Å². The first-order chi connectivity index (χ1) is 13.9. The van der Waals surface area contributed by atoms with Gasteiger partial charge in [-0.3, -0.25) is 0 Å². The number of nitrogens with one attached hydrogen (secondary N) is 2. The number of nitrogens with zero attached hydrogens (tertiary/aromatic N) is 2. The van der Waals surface area contributed by atoms with Crippen molar-refractivity contribution in [1.29, 1.82) is 0 Å². The van der Waals surface area contributed by atoms with E-state index in [4.69, 9.17) is 0 Å². The smallest absolute Gasteiger partial charge is 0.317 e. The maximum absolute atomic E-state index is 12.9. The highest BCUT2D eigenvalue weighted by molar-refractivity contribution is 5.90. The zero-order valence-corrected chi connectivity index (χ0v) is 17.1. The highest BCUT2D eigenvalue weighted by Gasteiger charge is 2.14. The zero-order chi connectivity index (χ0) is 21.0. The van der Waals surface area contributed by atoms with Crippen LogP contribution >= 0.6 is 0 Å². The second-order valence-corrected chi connectivity index (χ2v) is 6.93. The van der Waals surface area contributed by atoms with E-state index in [1.54, 1.807) is 6.21 Å². The maximum atomic E-state index is 12.9. The number of para-hydroxylation sites is 1. The Morgan fingerprint density at radius 1 is 1.14 bits per heavy atom. The molecule has 2 N–H and O–H groups in total. The molecule has 0 aliphatic rings. The first-order valence-electron chi connectivity index (χ1n) is 9.54. The van der Waals surface area contributed by atoms with E-state index in [1.807, 2.05) is 13.0 Å². The molecule has 5 nitrogen and oxygen atoms in total. The number of aromatic nitrogens is 1. The van der Waals surface area contributed by atoms with Crippen LogP contribution in [0.2, 0.25) is 0 Å². The third-order valence-electron chi connectivity index (χ3n) is 4.87. The lowest BCUT2D eigenvalue weighted by Crippen LogP contribution is -2.24. The molecule has 3 rings (SSSR count). The Labute approximate surface area is 170 Å². The van der Waals surface area contributed by atoms with Gasteiger partial charge < -0.3 is 9.88 Å². The Hall–Kier alpha value is -3.41. The minimum atomic E-state index is -0.492. The van der Waals surface area contributed by atoms with Crippen LogP contribution in [0.1, 0.15) is 35.0 Å². The zero-order valence-electron chi connectivity index (χ0n) is 17.1. The molecule has 1 heterocycles. The van der Waals surface area contributed by atoms with E-state index in [2.05, 4.69) is 59.4 Å². The van der Waals surface area contributed by atoms with E-state index in [0.717, 1.165) is 23.4 Å². The molecule has 0 fully saturated rings. The predicted molar refractivity (Wildman–Crippen MR) is 116 cm³/mol. The number of urea groups is 1. The molecule has 0 radical (unpaired) electrons. The quantitative estimate of drug-likeness (QED) is 0.452. The average molecular weight is 392 g/mol. The van der Waals surface area contributed by atoms with Crippen LogP contribution in [0.3, 0.4) is 0 Å². The van der Waals surface area contributed by atoms with Gasteiger partial charge in [0, 0.05) is 22.6 Å². The molecule has 0 unspecified atom stereocenters. The van der Waals surface area contributed by atoms with Gasteiger partial charge in [-0.05, 0) is 68.7 Å². The van der Waals surface area contributed by atoms with Crippen LogP contribution in [-0.4, -0.2) is 16.8 Å². The minimum absolute atomic E-state index is 0.357. The average Bonchev–Trinajstić information content (AvgIpc) is 2.97. The summed E-state index contributed by atoms with van der Waals surface area (Å²) in [4.78, 5) is 12.0. The molecule has 0 bridgehead atoms. The number of carbonyl (C=O) groups is 1. The molecule has 0 aliphatic carbocycles. The second-order valence-electron chi connectivity index (χ2n) is 6.93. The van der Waals surface area contributed by atoms with Crippen molar-refractivity contribution in [2.75, 3.05) is 5.32 Å². The Bertz CT molecular complexity index is 1050. The molecule has 0 atom stereocenters. The monoisotopic (exact) mass is 392 g/mol. The minimum Gasteiger partial charge on any atom is -0.317 e. The van der Waals surface area contributed by atoms with Crippen LogP contribution < -0.4 is 10.7 Å². The van der Waals surface area contributed by atoms with Gasteiger partial charge in [-0.15, -0.1) is 0 Å². The summed E-state index contributed by atoms with van der Waals surface area (Å²) in [7, 11) is 0. The van der Waals surface area contributed by atoms with Crippen molar-refractivity contribution >= 4 is 17.9 Å². The summed E-state index contributed by atoms with van der Waals surface area (Å²) in [5, 5.41) is 6.65. The highest BCUT2D eigenvalue weighted by atomic mass is 19.1. The molecule has 150 valence electrons. The molecular formula is C23H25FN4O. The summed E-state index contributed by atoms with van der Waals surface area (Å²) < 4.78 is 15.2. The molecule has 1 aromatic heterocycles. The van der Waals surface area contributed by atoms with E-state index in [0.29, 0.717) is 5.69 Å². The summed E-state index contributed by atoms with van der Waals surface area (Å²) in [5.41, 5.74) is 9.71. The maximum Gasteiger partial charge on any atom is 0.339 e. The van der Waals surface area contributed by atoms with Gasteiger partial charge in [0.1, 0.15) is 5.82 Å². The lowest BCUT2D eigenvalue weighted by molar-refractivity contribution is 0.252. The van der Waals surface area contributed by atoms with Crippen molar-refractivity contribution in [3.63, 3.8) is 0 Å². The number of aryl methyl sites for hydroxylation is 3. The lowest BCUT2D eigenvalue weighted by atomic mass is 10.1. The number of anilines is 1. The van der Waals surface area contributed by atoms with Crippen LogP contribution in [0, 0.1) is 26.6 Å². The summed E-state index contributed by atoms with van der Waals surface area (Å²) in [6, 6.07) is 13.4. The molecule has 3 aromatic rings. The van der Waals surface area contributed by atoms with E-state index in [9.17, 15) is 9.18 Å². The fraction of sp³-hybridized carbons (Fsp3) is 0.217. The third-order valence-corrected chi connectivity index (χ3v) is 4.87. The molecule has 6 heteroatoms. The van der Waals surface area contributed by atoms with Gasteiger partial charge in [0.2, 0.25) is 0 Å². The molecule has 0 saturated heterocycles. The summed E-state index contributed by atoms with van der Waals surface area (Å²) in [6.45, 7) is 8.37. The molecular weight excluding hydrogens is 367 g/mol. The lowest BCUT2D eigenvalue weighted by Gasteiger charge is -2.17. The third kappa shape index (κ3) is 4.54. The summed E-state index contributed by atoms with van der Waals surface area (Å²) >= 11 is 0. The van der Waals surface area contributed by atoms with Gasteiger partial charge in [0.05, 0.1) is 11.9 Å². The van der Waals surface area contributed by atoms with Gasteiger partial charge in [0.15, 0.2) is 0 Å². The van der Waals surface area contributed by atoms with Gasteiger partial charge in [-0.25, -0.2) is 14.6 Å². The number of hydrogen-bond acceptors (Lipinski definition) is 2. The number of carbonyl (C=O) groups excluding carboxylic acids is 1. The SMILES string of the molecule is CCc1cccc(C)c1-n1c(C)cc(/C=N/NC(=O)Nc2ccc(F)cc2)c1C. The van der Waals surface area contributed by atoms with Crippen LogP contribution in [0.25, 0.3) is 5.69 Å². The largest absolute Gasteiger partial charge is 0.339 e. The fourth-order valence-corrected chi connectivity index (χ4v) is 3.44. The Kier molecular flexibility index (Phi) is 6.12. The van der Waals surface area contributed by atoms with E-state index >= 15 is 0 Å². The van der Waals surface area contributed by atoms with Crippen molar-refractivity contribution in [2.45, 2.75) is 34.1 Å². The van der Waals surface area contributed by atoms with Crippen LogP contribution in [-0.2, 0) is 6.42 Å². The van der Waals surface area contributed by atoms with Gasteiger partial charge in [-0.1, -0.05) is 25.1 Å². The van der Waals surface area contributed by atoms with Crippen LogP contribution in [0.15, 0.2) is 53.6 Å². The van der Waals surface area contributed by atoms with Crippen molar-refractivity contribution < 1.29 is 9.18 Å². The molecule has 2 amide bonds. The second kappa shape index (κ2) is 8.73. The van der Waals surface area contributed by atoms with E-state index < -0.39 is 6.03 Å². The molecule has 0 saturated carbocycles. The first-order valence-corrected chi connectivity index (χ1v) is 9.54. The number of hydrazone groups is 1. The van der Waals surface area contributed by atoms with Gasteiger partial charge in [0.25, 0.3) is 0 Å². The molecule has 0 aliphatic heterocycles. The molecule has 0 spiro atoms. The Morgan fingerprint density at radius 3 is 2.55 bits per heavy atom. The Morgan fingerprint density at radius 2 is 1.86 bits per heavy atom. The topological polar surface area (TPSA) is 58.4 Å². The highest BCUT2D eigenvalue weighted by Crippen LogP contribution is 2.26. The summed E-state index contributed by atoms with van der Waals surface area (Å²) in [6.07, 6.45) is 2.58. The molecule has 2 aromatic carbocycles. The number of amides is 2. The number of halogens is 1. The van der Waals surface area contributed by atoms with Gasteiger partial charge >= 0.3 is 6.03 Å². The van der Waals surface area contributed by atoms with E-state index in [1.165, 1.54) is 41.1 Å². The van der Waals surface area contributed by atoms with Crippen molar-refractivity contribution in [3.8, 4) is 5.69 Å². The van der Waals surface area contributed by atoms with E-state index in [-0.39, 0.29) is 5.82 Å². The number of hydrogen-bond donors (Lipinski definition) is 2. The normalized spacial score (nSPS) is 11.1. The standard InChI is InChI=1S/C23H25FN4O/c1-5-18-8-6-7-15(2)22(18)28-16(3)13-19(17(28)4)14-25-27-23(29)26-21-11-9-20(24)10-12-21/h6-14H,5H2,1-4H3,(H2,26,27,29)/b25-14+. The van der Waals surface area contributed by atoms with Crippen LogP contribution in [0.5, 0.6) is 0 Å². The Balaban J connectivity index is 1.77. The fourth-order valence-electron chi connectivity index (χ4n) is 3.44. The van der Waals surface area contributed by atoms with Crippen molar-refractivity contribution in [1.82, 2.24) is 9.99 Å². The van der Waals surface area contributed by atoms with Crippen molar-refractivity contribution in [2.24, 2.45) is 5.10 Å². The number of rotatable bonds is 5. The first kappa shape index (κ1) is 20.3. The predicted octanol–water partition coefficient (Wildman–Crippen LogP) is 5.26. The summed E-state index contributed by atoms with van der Waals surface area (Å²) in [5.74, 6) is -0.357. The molecule has 29 heavy (non-hydrogen) atoms.